The fourth-order valence-corrected chi connectivity index (χ4v) is 2.71. The molecule has 1 atom stereocenters. The summed E-state index contributed by atoms with van der Waals surface area (Å²) in [4.78, 5) is 24.1. The molecule has 0 saturated carbocycles. The molecule has 1 aromatic rings. The van der Waals surface area contributed by atoms with Gasteiger partial charge in [0, 0.05) is 18.2 Å². The summed E-state index contributed by atoms with van der Waals surface area (Å²) in [5.74, 6) is -3.91. The van der Waals surface area contributed by atoms with Crippen molar-refractivity contribution >= 4 is 11.9 Å². The van der Waals surface area contributed by atoms with Crippen molar-refractivity contribution in [3.05, 3.63) is 23.7 Å². The molecule has 1 fully saturated rings. The third-order valence-electron chi connectivity index (χ3n) is 3.89. The Morgan fingerprint density at radius 3 is 2.48 bits per heavy atom. The number of rotatable bonds is 2. The first-order valence-electron chi connectivity index (χ1n) is 6.25. The number of furan rings is 1. The lowest BCUT2D eigenvalue weighted by Crippen LogP contribution is -2.49. The standard InChI is InChI=1S/C13H14F3NO4/c1-12(2)9(13(14,15)16)3-4-17(12)10(18)8-5-7(6-21-8)11(19)20/h5-6,9H,3-4H2,1-2H3,(H,19,20). The van der Waals surface area contributed by atoms with Gasteiger partial charge in [0.1, 0.15) is 6.26 Å². The van der Waals surface area contributed by atoms with E-state index < -0.39 is 29.5 Å². The molecular formula is C13H14F3NO4. The van der Waals surface area contributed by atoms with Crippen molar-refractivity contribution in [2.24, 2.45) is 5.92 Å². The molecule has 1 unspecified atom stereocenters. The molecule has 2 heterocycles. The van der Waals surface area contributed by atoms with Gasteiger partial charge in [0.2, 0.25) is 0 Å². The number of amides is 1. The number of hydrogen-bond acceptors (Lipinski definition) is 3. The van der Waals surface area contributed by atoms with Gasteiger partial charge in [-0.2, -0.15) is 13.2 Å². The van der Waals surface area contributed by atoms with Gasteiger partial charge in [-0.1, -0.05) is 0 Å². The van der Waals surface area contributed by atoms with E-state index >= 15 is 0 Å². The third kappa shape index (κ3) is 2.62. The third-order valence-corrected chi connectivity index (χ3v) is 3.89. The average molecular weight is 305 g/mol. The molecule has 5 nitrogen and oxygen atoms in total. The van der Waals surface area contributed by atoms with E-state index in [1.807, 2.05) is 0 Å². The number of alkyl halides is 3. The summed E-state index contributed by atoms with van der Waals surface area (Å²) in [6.07, 6.45) is -3.69. The van der Waals surface area contributed by atoms with Gasteiger partial charge in [0.05, 0.1) is 11.5 Å². The van der Waals surface area contributed by atoms with Crippen molar-refractivity contribution in [3.8, 4) is 0 Å². The van der Waals surface area contributed by atoms with Gasteiger partial charge < -0.3 is 14.4 Å². The van der Waals surface area contributed by atoms with E-state index in [1.54, 1.807) is 0 Å². The second-order valence-corrected chi connectivity index (χ2v) is 5.50. The van der Waals surface area contributed by atoms with Crippen molar-refractivity contribution in [1.29, 1.82) is 0 Å². The number of hydrogen-bond donors (Lipinski definition) is 1. The number of carboxylic acid groups (broad SMARTS) is 1. The largest absolute Gasteiger partial charge is 0.478 e. The highest BCUT2D eigenvalue weighted by atomic mass is 19.4. The topological polar surface area (TPSA) is 70.8 Å². The number of halogens is 3. The van der Waals surface area contributed by atoms with E-state index in [0.29, 0.717) is 0 Å². The van der Waals surface area contributed by atoms with E-state index in [9.17, 15) is 22.8 Å². The Labute approximate surface area is 118 Å². The predicted octanol–water partition coefficient (Wildman–Crippen LogP) is 2.78. The summed E-state index contributed by atoms with van der Waals surface area (Å²) in [6.45, 7) is 2.63. The second kappa shape index (κ2) is 4.78. The Kier molecular flexibility index (Phi) is 3.51. The first-order valence-corrected chi connectivity index (χ1v) is 6.25. The molecule has 0 aliphatic carbocycles. The van der Waals surface area contributed by atoms with Crippen molar-refractivity contribution in [2.75, 3.05) is 6.54 Å². The molecular weight excluding hydrogens is 291 g/mol. The van der Waals surface area contributed by atoms with Crippen molar-refractivity contribution in [1.82, 2.24) is 4.90 Å². The number of carbonyl (C=O) groups is 2. The van der Waals surface area contributed by atoms with E-state index in [4.69, 9.17) is 9.52 Å². The van der Waals surface area contributed by atoms with Crippen LogP contribution in [-0.2, 0) is 0 Å². The molecule has 1 aromatic heterocycles. The summed E-state index contributed by atoms with van der Waals surface area (Å²) >= 11 is 0. The minimum Gasteiger partial charge on any atom is -0.478 e. The molecule has 0 bridgehead atoms. The summed E-state index contributed by atoms with van der Waals surface area (Å²) in [5, 5.41) is 8.76. The first kappa shape index (κ1) is 15.4. The monoisotopic (exact) mass is 305 g/mol. The molecule has 21 heavy (non-hydrogen) atoms. The van der Waals surface area contributed by atoms with E-state index in [0.717, 1.165) is 17.2 Å². The fourth-order valence-electron chi connectivity index (χ4n) is 2.71. The van der Waals surface area contributed by atoms with Gasteiger partial charge in [0.25, 0.3) is 5.91 Å². The normalized spacial score (nSPS) is 21.6. The van der Waals surface area contributed by atoms with Gasteiger partial charge in [-0.15, -0.1) is 0 Å². The molecule has 2 rings (SSSR count). The van der Waals surface area contributed by atoms with Crippen molar-refractivity contribution < 1.29 is 32.3 Å². The summed E-state index contributed by atoms with van der Waals surface area (Å²) in [7, 11) is 0. The minimum atomic E-state index is -4.39. The van der Waals surface area contributed by atoms with Gasteiger partial charge in [0.15, 0.2) is 5.76 Å². The van der Waals surface area contributed by atoms with E-state index in [1.165, 1.54) is 13.8 Å². The van der Waals surface area contributed by atoms with Crippen LogP contribution in [0.1, 0.15) is 41.2 Å². The van der Waals surface area contributed by atoms with Gasteiger partial charge >= 0.3 is 12.1 Å². The Hall–Kier alpha value is -1.99. The molecule has 1 amide bonds. The summed E-state index contributed by atoms with van der Waals surface area (Å²) in [6, 6.07) is 1.02. The van der Waals surface area contributed by atoms with Crippen LogP contribution >= 0.6 is 0 Å². The van der Waals surface area contributed by atoms with Crippen LogP contribution in [0.15, 0.2) is 16.7 Å². The highest BCUT2D eigenvalue weighted by Gasteiger charge is 2.56. The quantitative estimate of drug-likeness (QED) is 0.912. The maximum atomic E-state index is 13.0. The first-order chi connectivity index (χ1) is 9.55. The molecule has 1 aliphatic heterocycles. The lowest BCUT2D eigenvalue weighted by molar-refractivity contribution is -0.189. The highest BCUT2D eigenvalue weighted by Crippen LogP contribution is 2.45. The van der Waals surface area contributed by atoms with Crippen LogP contribution in [-0.4, -0.2) is 40.1 Å². The number of likely N-dealkylation sites (tertiary alicyclic amines) is 1. The molecule has 8 heteroatoms. The number of carbonyl (C=O) groups excluding carboxylic acids is 1. The zero-order valence-corrected chi connectivity index (χ0v) is 11.4. The van der Waals surface area contributed by atoms with Gasteiger partial charge in [-0.25, -0.2) is 4.79 Å². The summed E-state index contributed by atoms with van der Waals surface area (Å²) < 4.78 is 43.8. The predicted molar refractivity (Wildman–Crippen MR) is 64.9 cm³/mol. The Morgan fingerprint density at radius 1 is 1.43 bits per heavy atom. The van der Waals surface area contributed by atoms with Gasteiger partial charge in [-0.3, -0.25) is 4.79 Å². The number of carboxylic acids is 1. The molecule has 1 N–H and O–H groups in total. The maximum absolute atomic E-state index is 13.0. The van der Waals surface area contributed by atoms with E-state index in [-0.39, 0.29) is 24.3 Å². The van der Waals surface area contributed by atoms with Crippen LogP contribution < -0.4 is 0 Å². The summed E-state index contributed by atoms with van der Waals surface area (Å²) in [5.41, 5.74) is -1.63. The van der Waals surface area contributed by atoms with Crippen LogP contribution in [0.2, 0.25) is 0 Å². The number of aromatic carboxylic acids is 1. The van der Waals surface area contributed by atoms with Crippen LogP contribution in [0.3, 0.4) is 0 Å². The van der Waals surface area contributed by atoms with Crippen LogP contribution in [0, 0.1) is 5.92 Å². The van der Waals surface area contributed by atoms with Gasteiger partial charge in [-0.05, 0) is 20.3 Å². The Morgan fingerprint density at radius 2 is 2.05 bits per heavy atom. The molecule has 1 saturated heterocycles. The molecule has 0 spiro atoms. The van der Waals surface area contributed by atoms with Crippen molar-refractivity contribution in [3.63, 3.8) is 0 Å². The maximum Gasteiger partial charge on any atom is 0.394 e. The van der Waals surface area contributed by atoms with Crippen LogP contribution in [0.25, 0.3) is 0 Å². The van der Waals surface area contributed by atoms with Crippen LogP contribution in [0.5, 0.6) is 0 Å². The average Bonchev–Trinajstić information content (AvgIpc) is 2.90. The SMILES string of the molecule is CC1(C)C(C(F)(F)F)CCN1C(=O)c1cc(C(=O)O)co1. The second-order valence-electron chi connectivity index (χ2n) is 5.50. The van der Waals surface area contributed by atoms with Crippen LogP contribution in [0.4, 0.5) is 13.2 Å². The van der Waals surface area contributed by atoms with Crippen molar-refractivity contribution in [2.45, 2.75) is 32.0 Å². The molecule has 0 radical (unpaired) electrons. The Balaban J connectivity index is 2.26. The fraction of sp³-hybridized carbons (Fsp3) is 0.538. The number of nitrogens with zero attached hydrogens (tertiary/aromatic N) is 1. The smallest absolute Gasteiger partial charge is 0.394 e. The molecule has 116 valence electrons. The molecule has 0 aromatic carbocycles. The van der Waals surface area contributed by atoms with E-state index in [2.05, 4.69) is 0 Å². The zero-order chi connectivity index (χ0) is 16.0. The molecule has 1 aliphatic rings. The Bertz CT molecular complexity index is 576. The lowest BCUT2D eigenvalue weighted by Gasteiger charge is -2.36. The minimum absolute atomic E-state index is 0.0564. The lowest BCUT2D eigenvalue weighted by atomic mass is 9.88. The zero-order valence-electron chi connectivity index (χ0n) is 11.4. The highest BCUT2D eigenvalue weighted by molar-refractivity contribution is 5.96.